The lowest BCUT2D eigenvalue weighted by atomic mass is 9.84. The van der Waals surface area contributed by atoms with Crippen LogP contribution in [0.4, 0.5) is 0 Å². The van der Waals surface area contributed by atoms with Crippen LogP contribution in [0.25, 0.3) is 11.3 Å². The van der Waals surface area contributed by atoms with Crippen LogP contribution in [0.3, 0.4) is 0 Å². The molecule has 2 amide bonds. The van der Waals surface area contributed by atoms with Crippen LogP contribution in [0.2, 0.25) is 0 Å². The van der Waals surface area contributed by atoms with E-state index in [2.05, 4.69) is 149 Å². The standard InChI is InChI=1S/C14H15NOS.C13H24O.C12H24N2O.C12H24.C10H20N2O.2C10H21N.2CH4/c1-10(2)8-13(16)14-15-12(9-17-14)11-6-4-3-5-7-11;1-11(2)7-6-10-13(14)12-8-4-3-5-9-12;1-10(2)8-11(15)14-7-6-13(5)12(3,4)9-14;1-10(2)5-6-11-7-8-12(3,4)9-11;1-9(2)8-10(13)12-6-4-11(3)5-7-12;2*1-10(2)6-9-11-7-4-3-5-8-11;;/h3-7,9-10H,8H2,1-2H3;11-12H,3-10H2,1-2H3;10H,6-9H2,1-5H3;10-11H,5-9H2,1-4H3;9H,4-8H2,1-3H3;2*10H,3-9H2,1-2H3;2*1H4. The van der Waals surface area contributed by atoms with Gasteiger partial charge in [0.05, 0.1) is 5.69 Å². The first kappa shape index (κ1) is 92.0. The summed E-state index contributed by atoms with van der Waals surface area (Å²) in [5.74, 6) is 7.50. The summed E-state index contributed by atoms with van der Waals surface area (Å²) in [7, 11) is 4.23. The lowest BCUT2D eigenvalue weighted by Crippen LogP contribution is -2.58. The Labute approximate surface area is 594 Å². The van der Waals surface area contributed by atoms with Gasteiger partial charge in [-0.2, -0.15) is 0 Å². The van der Waals surface area contributed by atoms with Gasteiger partial charge < -0.3 is 24.5 Å². The second-order valence-electron chi connectivity index (χ2n) is 33.4. The van der Waals surface area contributed by atoms with Gasteiger partial charge in [0.2, 0.25) is 11.8 Å². The summed E-state index contributed by atoms with van der Waals surface area (Å²) in [6, 6.07) is 9.94. The summed E-state index contributed by atoms with van der Waals surface area (Å²) >= 11 is 1.43. The molecule has 95 heavy (non-hydrogen) atoms. The lowest BCUT2D eigenvalue weighted by molar-refractivity contribution is -0.136. The van der Waals surface area contributed by atoms with Gasteiger partial charge in [-0.05, 0) is 197 Å². The topological polar surface area (TPSA) is 101 Å². The van der Waals surface area contributed by atoms with Gasteiger partial charge >= 0.3 is 0 Å². The third-order valence-corrected chi connectivity index (χ3v) is 20.4. The number of carbonyl (C=O) groups excluding carboxylic acids is 4. The highest BCUT2D eigenvalue weighted by Gasteiger charge is 2.34. The average Bonchev–Trinajstić information content (AvgIpc) is 1.53. The van der Waals surface area contributed by atoms with Crippen LogP contribution >= 0.6 is 11.3 Å². The number of benzene rings is 1. The zero-order valence-corrected chi connectivity index (χ0v) is 65.3. The highest BCUT2D eigenvalue weighted by molar-refractivity contribution is 7.12. The van der Waals surface area contributed by atoms with Crippen molar-refractivity contribution in [1.29, 1.82) is 0 Å². The maximum atomic E-state index is 11.9. The van der Waals surface area contributed by atoms with Crippen LogP contribution in [0.5, 0.6) is 0 Å². The maximum Gasteiger partial charge on any atom is 0.222 e. The molecule has 0 spiro atoms. The Kier molecular flexibility index (Phi) is 49.5. The summed E-state index contributed by atoms with van der Waals surface area (Å²) in [6.07, 6.45) is 30.0. The van der Waals surface area contributed by atoms with Crippen molar-refractivity contribution >= 4 is 34.7 Å². The van der Waals surface area contributed by atoms with Gasteiger partial charge in [-0.3, -0.25) is 24.1 Å². The summed E-state index contributed by atoms with van der Waals surface area (Å²) in [5, 5.41) is 2.57. The number of likely N-dealkylation sites (tertiary alicyclic amines) is 2. The van der Waals surface area contributed by atoms with E-state index in [1.54, 1.807) is 0 Å². The van der Waals surface area contributed by atoms with Crippen molar-refractivity contribution < 1.29 is 19.2 Å². The average molecular weight is 1350 g/mol. The number of nitrogens with zero attached hydrogens (tertiary/aromatic N) is 7. The number of aromatic nitrogens is 1. The Bertz CT molecular complexity index is 2210. The zero-order valence-electron chi connectivity index (χ0n) is 64.5. The number of piperazine rings is 2. The first-order chi connectivity index (χ1) is 43.9. The number of carbonyl (C=O) groups is 4. The third-order valence-electron chi connectivity index (χ3n) is 19.5. The van der Waals surface area contributed by atoms with Crippen LogP contribution in [0.15, 0.2) is 35.7 Å². The minimum Gasteiger partial charge on any atom is -0.340 e. The molecule has 0 bridgehead atoms. The van der Waals surface area contributed by atoms with Crippen LogP contribution in [-0.2, 0) is 14.4 Å². The molecule has 1 aromatic carbocycles. The molecule has 0 radical (unpaired) electrons. The number of likely N-dealkylation sites (N-methyl/N-ethyl adjacent to an activating group) is 2. The monoisotopic (exact) mass is 1350 g/mol. The molecule has 2 saturated carbocycles. The summed E-state index contributed by atoms with van der Waals surface area (Å²) in [6.45, 7) is 54.7. The Morgan fingerprint density at radius 1 is 0.526 bits per heavy atom. The fourth-order valence-electron chi connectivity index (χ4n) is 13.0. The molecule has 4 saturated heterocycles. The summed E-state index contributed by atoms with van der Waals surface area (Å²) in [5.41, 5.74) is 2.72. The van der Waals surface area contributed by atoms with Crippen molar-refractivity contribution in [2.75, 3.05) is 99.2 Å². The van der Waals surface area contributed by atoms with Crippen molar-refractivity contribution in [2.45, 2.75) is 299 Å². The van der Waals surface area contributed by atoms with Gasteiger partial charge in [0, 0.05) is 93.9 Å². The maximum absolute atomic E-state index is 11.9. The number of ketones is 2. The fourth-order valence-corrected chi connectivity index (χ4v) is 13.8. The van der Waals surface area contributed by atoms with Crippen LogP contribution < -0.4 is 0 Å². The molecule has 2 aliphatic carbocycles. The zero-order chi connectivity index (χ0) is 69.5. The largest absolute Gasteiger partial charge is 0.340 e. The Hall–Kier alpha value is -3.03. The molecule has 1 atom stereocenters. The van der Waals surface area contributed by atoms with Crippen molar-refractivity contribution in [3.8, 4) is 11.3 Å². The van der Waals surface area contributed by atoms with Crippen molar-refractivity contribution in [3.63, 3.8) is 0 Å². The predicted molar refractivity (Wildman–Crippen MR) is 416 cm³/mol. The van der Waals surface area contributed by atoms with E-state index < -0.39 is 0 Å². The Balaban J connectivity index is 0.00000109. The normalized spacial score (nSPS) is 19.3. The van der Waals surface area contributed by atoms with Crippen LogP contribution in [-0.4, -0.2) is 162 Å². The molecule has 12 heteroatoms. The van der Waals surface area contributed by atoms with Crippen molar-refractivity contribution in [2.24, 2.45) is 58.7 Å². The molecule has 1 aromatic heterocycles. The molecule has 554 valence electrons. The van der Waals surface area contributed by atoms with Gasteiger partial charge in [0.25, 0.3) is 0 Å². The van der Waals surface area contributed by atoms with E-state index >= 15 is 0 Å². The predicted octanol–water partition coefficient (Wildman–Crippen LogP) is 21.0. The first-order valence-corrected chi connectivity index (χ1v) is 39.2. The molecular formula is C83H157N7O4S. The highest BCUT2D eigenvalue weighted by Crippen LogP contribution is 2.43. The molecule has 11 nitrogen and oxygen atoms in total. The van der Waals surface area contributed by atoms with Crippen LogP contribution in [0, 0.1) is 58.7 Å². The molecule has 6 fully saturated rings. The molecule has 6 aliphatic rings. The number of piperidine rings is 2. The molecule has 8 rings (SSSR count). The number of rotatable bonds is 22. The third kappa shape index (κ3) is 44.0. The fraction of sp³-hybridized carbons (Fsp3) is 0.843. The van der Waals surface area contributed by atoms with E-state index in [1.165, 1.54) is 173 Å². The van der Waals surface area contributed by atoms with Crippen molar-refractivity contribution in [3.05, 3.63) is 40.7 Å². The lowest BCUT2D eigenvalue weighted by Gasteiger charge is -2.45. The van der Waals surface area contributed by atoms with Crippen LogP contribution in [0.1, 0.15) is 303 Å². The molecule has 2 aromatic rings. The first-order valence-electron chi connectivity index (χ1n) is 38.3. The van der Waals surface area contributed by atoms with E-state index in [9.17, 15) is 19.2 Å². The van der Waals surface area contributed by atoms with Crippen molar-refractivity contribution in [1.82, 2.24) is 34.4 Å². The van der Waals surface area contributed by atoms with E-state index in [4.69, 9.17) is 0 Å². The second-order valence-corrected chi connectivity index (χ2v) is 34.2. The van der Waals surface area contributed by atoms with Gasteiger partial charge in [-0.1, -0.05) is 207 Å². The number of amides is 2. The number of hydrogen-bond donors (Lipinski definition) is 0. The number of hydrogen-bond acceptors (Lipinski definition) is 10. The Morgan fingerprint density at radius 3 is 1.43 bits per heavy atom. The summed E-state index contributed by atoms with van der Waals surface area (Å²) in [4.78, 5) is 65.4. The molecule has 1 unspecified atom stereocenters. The molecule has 5 heterocycles. The van der Waals surface area contributed by atoms with Gasteiger partial charge in [-0.25, -0.2) is 4.98 Å². The number of Topliss-reactive ketones (excluding diaryl/α,β-unsaturated/α-hetero) is 2. The Morgan fingerprint density at radius 2 is 0.989 bits per heavy atom. The summed E-state index contributed by atoms with van der Waals surface area (Å²) < 4.78 is 0. The van der Waals surface area contributed by atoms with Gasteiger partial charge in [0.15, 0.2) is 10.8 Å². The smallest absolute Gasteiger partial charge is 0.222 e. The van der Waals surface area contributed by atoms with E-state index in [0.29, 0.717) is 71.0 Å². The molecule has 0 N–H and O–H groups in total. The van der Waals surface area contributed by atoms with E-state index in [1.807, 2.05) is 59.4 Å². The quantitative estimate of drug-likeness (QED) is 0.107. The van der Waals surface area contributed by atoms with E-state index in [0.717, 1.165) is 99.5 Å². The highest BCUT2D eigenvalue weighted by atomic mass is 32.1. The number of thiazole rings is 1. The van der Waals surface area contributed by atoms with E-state index in [-0.39, 0.29) is 26.2 Å². The SMILES string of the molecule is C.C.CC(C)CC(=O)N1CCN(C)C(C)(C)C1.CC(C)CC(=O)N1CCN(C)CC1.CC(C)CC(=O)c1nc(-c2ccccc2)cs1.CC(C)CCC1CCC(C)(C)C1.CC(C)CCCC(=O)C1CCCCC1.CC(C)CCN1CCCCC1.CC(C)CCN1CCCCC1. The van der Waals surface area contributed by atoms with Gasteiger partial charge in [-0.15, -0.1) is 11.3 Å². The molecular weight excluding hydrogens is 1190 g/mol. The second kappa shape index (κ2) is 51.2. The minimum atomic E-state index is 0. The molecule has 4 aliphatic heterocycles. The van der Waals surface area contributed by atoms with Gasteiger partial charge in [0.1, 0.15) is 5.78 Å². The minimum absolute atomic E-state index is 0.